The average molecular weight is 415 g/mol. The molecule has 31 heavy (non-hydrogen) atoms. The van der Waals surface area contributed by atoms with Gasteiger partial charge in [0.25, 0.3) is 0 Å². The van der Waals surface area contributed by atoms with Crippen LogP contribution in [0.25, 0.3) is 11.3 Å². The lowest BCUT2D eigenvalue weighted by atomic mass is 9.88. The summed E-state index contributed by atoms with van der Waals surface area (Å²) >= 11 is 0. The fourth-order valence-electron chi connectivity index (χ4n) is 5.01. The van der Waals surface area contributed by atoms with Gasteiger partial charge in [0.2, 0.25) is 5.91 Å². The maximum atomic E-state index is 12.7. The van der Waals surface area contributed by atoms with Crippen LogP contribution in [-0.2, 0) is 4.79 Å². The van der Waals surface area contributed by atoms with Gasteiger partial charge in [0.1, 0.15) is 17.9 Å². The molecule has 3 atom stereocenters. The van der Waals surface area contributed by atoms with Gasteiger partial charge in [-0.15, -0.1) is 0 Å². The number of carbonyl (C=O) groups excluding carboxylic acids is 1. The van der Waals surface area contributed by atoms with Crippen LogP contribution in [0.2, 0.25) is 0 Å². The van der Waals surface area contributed by atoms with E-state index in [-0.39, 0.29) is 11.8 Å². The highest BCUT2D eigenvalue weighted by Crippen LogP contribution is 2.48. The van der Waals surface area contributed by atoms with E-state index in [0.717, 1.165) is 40.7 Å². The average Bonchev–Trinajstić information content (AvgIpc) is 3.44. The van der Waals surface area contributed by atoms with E-state index in [1.54, 1.807) is 7.11 Å². The van der Waals surface area contributed by atoms with Crippen LogP contribution in [-0.4, -0.2) is 23.0 Å². The minimum absolute atomic E-state index is 0.171. The molecule has 2 N–H and O–H groups in total. The molecule has 0 radical (unpaired) electrons. The Labute approximate surface area is 182 Å². The molecule has 0 spiro atoms. The summed E-state index contributed by atoms with van der Waals surface area (Å²) in [6.07, 6.45) is 6.33. The first-order valence-corrected chi connectivity index (χ1v) is 10.8. The molecule has 2 fully saturated rings. The second kappa shape index (κ2) is 8.38. The number of anilines is 3. The second-order valence-corrected chi connectivity index (χ2v) is 8.46. The highest BCUT2D eigenvalue weighted by atomic mass is 16.5. The number of fused-ring (bicyclic) bond motifs is 2. The molecule has 2 aromatic carbocycles. The Morgan fingerprint density at radius 2 is 1.81 bits per heavy atom. The van der Waals surface area contributed by atoms with Gasteiger partial charge in [0, 0.05) is 28.9 Å². The molecular formula is C25H26N4O2. The standard InChI is InChI=1S/C25H26N4O2/c1-31-23-5-3-2-4-20(23)22-14-24(27-15-26-22)28-18-8-10-19(11-9-18)29-25(30)21-13-16-6-7-17(21)12-16/h2-5,8-11,14-17,21H,6-7,12-13H2,1H3,(H,29,30)(H,26,27,28). The van der Waals surface area contributed by atoms with Crippen molar-refractivity contribution in [3.63, 3.8) is 0 Å². The van der Waals surface area contributed by atoms with Gasteiger partial charge in [0.15, 0.2) is 0 Å². The monoisotopic (exact) mass is 414 g/mol. The third-order valence-corrected chi connectivity index (χ3v) is 6.55. The SMILES string of the molecule is COc1ccccc1-c1cc(Nc2ccc(NC(=O)C3CC4CCC3C4)cc2)ncn1. The Morgan fingerprint density at radius 3 is 2.55 bits per heavy atom. The number of aromatic nitrogens is 2. The lowest BCUT2D eigenvalue weighted by molar-refractivity contribution is -0.121. The first-order valence-electron chi connectivity index (χ1n) is 10.8. The zero-order valence-corrected chi connectivity index (χ0v) is 17.5. The van der Waals surface area contributed by atoms with Crippen molar-refractivity contribution >= 4 is 23.1 Å². The van der Waals surface area contributed by atoms with Crippen LogP contribution in [0.5, 0.6) is 5.75 Å². The number of methoxy groups -OCH3 is 1. The molecule has 158 valence electrons. The third-order valence-electron chi connectivity index (χ3n) is 6.55. The molecule has 1 heterocycles. The molecule has 2 aliphatic carbocycles. The maximum Gasteiger partial charge on any atom is 0.227 e. The number of amides is 1. The van der Waals surface area contributed by atoms with E-state index in [1.165, 1.54) is 25.6 Å². The van der Waals surface area contributed by atoms with Gasteiger partial charge in [-0.1, -0.05) is 18.6 Å². The van der Waals surface area contributed by atoms with E-state index in [4.69, 9.17) is 4.74 Å². The molecule has 2 saturated carbocycles. The van der Waals surface area contributed by atoms with E-state index in [1.807, 2.05) is 54.6 Å². The maximum absolute atomic E-state index is 12.7. The molecule has 6 heteroatoms. The van der Waals surface area contributed by atoms with Gasteiger partial charge >= 0.3 is 0 Å². The lowest BCUT2D eigenvalue weighted by Crippen LogP contribution is -2.27. The molecule has 1 amide bonds. The van der Waals surface area contributed by atoms with E-state index in [0.29, 0.717) is 11.7 Å². The number of ether oxygens (including phenoxy) is 1. The fourth-order valence-corrected chi connectivity index (χ4v) is 5.01. The van der Waals surface area contributed by atoms with Gasteiger partial charge in [-0.2, -0.15) is 0 Å². The van der Waals surface area contributed by atoms with Gasteiger partial charge in [-0.05, 0) is 67.5 Å². The van der Waals surface area contributed by atoms with E-state index in [9.17, 15) is 4.79 Å². The zero-order valence-electron chi connectivity index (χ0n) is 17.5. The van der Waals surface area contributed by atoms with E-state index >= 15 is 0 Å². The molecule has 0 saturated heterocycles. The number of carbonyl (C=O) groups is 1. The van der Waals surface area contributed by atoms with Crippen molar-refractivity contribution in [2.45, 2.75) is 25.7 Å². The number of benzene rings is 2. The zero-order chi connectivity index (χ0) is 21.2. The molecule has 1 aromatic heterocycles. The van der Waals surface area contributed by atoms with E-state index in [2.05, 4.69) is 20.6 Å². The molecular weight excluding hydrogens is 388 g/mol. The lowest BCUT2D eigenvalue weighted by Gasteiger charge is -2.20. The van der Waals surface area contributed by atoms with Gasteiger partial charge in [-0.3, -0.25) is 4.79 Å². The Bertz CT molecular complexity index is 1080. The molecule has 3 unspecified atom stereocenters. The van der Waals surface area contributed by atoms with Crippen LogP contribution in [0.4, 0.5) is 17.2 Å². The summed E-state index contributed by atoms with van der Waals surface area (Å²) in [5.74, 6) is 3.16. The summed E-state index contributed by atoms with van der Waals surface area (Å²) in [6.45, 7) is 0. The first-order chi connectivity index (χ1) is 15.2. The quantitative estimate of drug-likeness (QED) is 0.575. The highest BCUT2D eigenvalue weighted by molar-refractivity contribution is 5.93. The number of nitrogens with zero attached hydrogens (tertiary/aromatic N) is 2. The first kappa shape index (κ1) is 19.5. The molecule has 0 aliphatic heterocycles. The van der Waals surface area contributed by atoms with Crippen molar-refractivity contribution in [1.29, 1.82) is 0 Å². The van der Waals surface area contributed by atoms with Gasteiger partial charge in [-0.25, -0.2) is 9.97 Å². The number of para-hydroxylation sites is 1. The number of hydrogen-bond acceptors (Lipinski definition) is 5. The minimum Gasteiger partial charge on any atom is -0.496 e. The van der Waals surface area contributed by atoms with Crippen LogP contribution in [0.3, 0.4) is 0 Å². The molecule has 6 nitrogen and oxygen atoms in total. The third kappa shape index (κ3) is 4.10. The summed E-state index contributed by atoms with van der Waals surface area (Å²) in [7, 11) is 1.65. The Kier molecular flexibility index (Phi) is 5.28. The summed E-state index contributed by atoms with van der Waals surface area (Å²) in [4.78, 5) is 21.4. The topological polar surface area (TPSA) is 76.1 Å². The molecule has 2 bridgehead atoms. The molecule has 5 rings (SSSR count). The van der Waals surface area contributed by atoms with Gasteiger partial charge < -0.3 is 15.4 Å². The number of hydrogen-bond donors (Lipinski definition) is 2. The van der Waals surface area contributed by atoms with Crippen molar-refractivity contribution in [2.75, 3.05) is 17.7 Å². The smallest absolute Gasteiger partial charge is 0.227 e. The minimum atomic E-state index is 0.171. The normalized spacial score (nSPS) is 21.6. The van der Waals surface area contributed by atoms with Crippen LogP contribution >= 0.6 is 0 Å². The van der Waals surface area contributed by atoms with Crippen molar-refractivity contribution in [2.24, 2.45) is 17.8 Å². The van der Waals surface area contributed by atoms with Crippen molar-refractivity contribution in [3.05, 3.63) is 60.9 Å². The van der Waals surface area contributed by atoms with E-state index < -0.39 is 0 Å². The van der Waals surface area contributed by atoms with Crippen LogP contribution in [0.15, 0.2) is 60.9 Å². The Morgan fingerprint density at radius 1 is 1.00 bits per heavy atom. The van der Waals surface area contributed by atoms with Crippen molar-refractivity contribution in [3.8, 4) is 17.0 Å². The molecule has 3 aromatic rings. The van der Waals surface area contributed by atoms with Crippen LogP contribution in [0.1, 0.15) is 25.7 Å². The van der Waals surface area contributed by atoms with Crippen LogP contribution < -0.4 is 15.4 Å². The number of nitrogens with one attached hydrogen (secondary N) is 2. The fraction of sp³-hybridized carbons (Fsp3) is 0.320. The second-order valence-electron chi connectivity index (χ2n) is 8.46. The number of rotatable bonds is 6. The van der Waals surface area contributed by atoms with Crippen molar-refractivity contribution < 1.29 is 9.53 Å². The van der Waals surface area contributed by atoms with Gasteiger partial charge in [0.05, 0.1) is 12.8 Å². The van der Waals surface area contributed by atoms with Crippen molar-refractivity contribution in [1.82, 2.24) is 9.97 Å². The predicted octanol–water partition coefficient (Wildman–Crippen LogP) is 5.27. The predicted molar refractivity (Wildman–Crippen MR) is 121 cm³/mol. The van der Waals surface area contributed by atoms with Crippen LogP contribution in [0, 0.1) is 17.8 Å². The summed E-state index contributed by atoms with van der Waals surface area (Å²) in [5, 5.41) is 6.40. The highest BCUT2D eigenvalue weighted by Gasteiger charge is 2.42. The Balaban J connectivity index is 1.25. The Hall–Kier alpha value is -3.41. The molecule has 2 aliphatic rings. The summed E-state index contributed by atoms with van der Waals surface area (Å²) in [6, 6.07) is 17.4. The summed E-state index contributed by atoms with van der Waals surface area (Å²) < 4.78 is 5.44. The largest absolute Gasteiger partial charge is 0.496 e. The summed E-state index contributed by atoms with van der Waals surface area (Å²) in [5.41, 5.74) is 3.41.